The minimum absolute atomic E-state index is 0.105. The Balaban J connectivity index is 1.74. The van der Waals surface area contributed by atoms with Crippen molar-refractivity contribution in [2.24, 2.45) is 7.05 Å². The second-order valence-electron chi connectivity index (χ2n) is 7.14. The van der Waals surface area contributed by atoms with E-state index in [1.54, 1.807) is 12.4 Å². The van der Waals surface area contributed by atoms with Gasteiger partial charge in [-0.3, -0.25) is 14.8 Å². The SMILES string of the molecule is Cc1cnc(CNC(=O)c2cc3c(c4ccccc4n3C)n2C(C)C)cn1. The number of aryl methyl sites for hydroxylation is 2. The third-order valence-electron chi connectivity index (χ3n) is 4.91. The van der Waals surface area contributed by atoms with Gasteiger partial charge in [-0.05, 0) is 32.9 Å². The Morgan fingerprint density at radius 1 is 1.15 bits per heavy atom. The molecule has 0 radical (unpaired) electrons. The first-order chi connectivity index (χ1) is 13.0. The molecule has 0 aliphatic heterocycles. The molecule has 0 atom stereocenters. The van der Waals surface area contributed by atoms with Crippen molar-refractivity contribution in [1.82, 2.24) is 24.4 Å². The summed E-state index contributed by atoms with van der Waals surface area (Å²) in [4.78, 5) is 21.5. The van der Waals surface area contributed by atoms with Crippen molar-refractivity contribution < 1.29 is 4.79 Å². The van der Waals surface area contributed by atoms with E-state index in [0.29, 0.717) is 12.2 Å². The third-order valence-corrected chi connectivity index (χ3v) is 4.91. The molecule has 0 saturated heterocycles. The van der Waals surface area contributed by atoms with Crippen LogP contribution in [0.15, 0.2) is 42.7 Å². The zero-order chi connectivity index (χ0) is 19.1. The average molecular weight is 361 g/mol. The van der Waals surface area contributed by atoms with E-state index in [-0.39, 0.29) is 11.9 Å². The first-order valence-corrected chi connectivity index (χ1v) is 9.11. The van der Waals surface area contributed by atoms with E-state index >= 15 is 0 Å². The van der Waals surface area contributed by atoms with Crippen LogP contribution in [-0.2, 0) is 13.6 Å². The Labute approximate surface area is 157 Å². The van der Waals surface area contributed by atoms with Gasteiger partial charge in [-0.25, -0.2) is 0 Å². The van der Waals surface area contributed by atoms with Crippen molar-refractivity contribution in [3.05, 3.63) is 59.8 Å². The summed E-state index contributed by atoms with van der Waals surface area (Å²) in [5.41, 5.74) is 5.59. The number of fused-ring (bicyclic) bond motifs is 3. The molecular formula is C21H23N5O. The van der Waals surface area contributed by atoms with Gasteiger partial charge in [0.2, 0.25) is 0 Å². The fraction of sp³-hybridized carbons (Fsp3) is 0.286. The summed E-state index contributed by atoms with van der Waals surface area (Å²) in [6.45, 7) is 6.44. The van der Waals surface area contributed by atoms with Crippen LogP contribution in [0.3, 0.4) is 0 Å². The van der Waals surface area contributed by atoms with E-state index in [2.05, 4.69) is 50.4 Å². The highest BCUT2D eigenvalue weighted by atomic mass is 16.1. The van der Waals surface area contributed by atoms with Crippen molar-refractivity contribution in [3.63, 3.8) is 0 Å². The van der Waals surface area contributed by atoms with Crippen LogP contribution in [0.4, 0.5) is 0 Å². The second-order valence-corrected chi connectivity index (χ2v) is 7.14. The zero-order valence-electron chi connectivity index (χ0n) is 16.0. The van der Waals surface area contributed by atoms with E-state index in [1.165, 1.54) is 5.52 Å². The second kappa shape index (κ2) is 6.54. The summed E-state index contributed by atoms with van der Waals surface area (Å²) in [7, 11) is 2.04. The minimum atomic E-state index is -0.105. The van der Waals surface area contributed by atoms with Gasteiger partial charge in [-0.1, -0.05) is 18.2 Å². The predicted octanol–water partition coefficient (Wildman–Crippen LogP) is 3.74. The van der Waals surface area contributed by atoms with Crippen LogP contribution in [0.25, 0.3) is 21.9 Å². The van der Waals surface area contributed by atoms with Crippen LogP contribution in [0.1, 0.15) is 41.8 Å². The molecule has 27 heavy (non-hydrogen) atoms. The average Bonchev–Trinajstić information content (AvgIpc) is 3.18. The van der Waals surface area contributed by atoms with Crippen molar-refractivity contribution in [3.8, 4) is 0 Å². The molecule has 6 nitrogen and oxygen atoms in total. The van der Waals surface area contributed by atoms with Gasteiger partial charge in [-0.15, -0.1) is 0 Å². The summed E-state index contributed by atoms with van der Waals surface area (Å²) in [6.07, 6.45) is 3.40. The summed E-state index contributed by atoms with van der Waals surface area (Å²) in [6, 6.07) is 10.4. The molecule has 0 aliphatic rings. The molecule has 1 aromatic carbocycles. The highest BCUT2D eigenvalue weighted by Gasteiger charge is 2.22. The summed E-state index contributed by atoms with van der Waals surface area (Å²) < 4.78 is 4.26. The number of carbonyl (C=O) groups is 1. The number of nitrogens with one attached hydrogen (secondary N) is 1. The Hall–Kier alpha value is -3.15. The predicted molar refractivity (Wildman–Crippen MR) is 107 cm³/mol. The molecule has 138 valence electrons. The molecule has 1 N–H and O–H groups in total. The molecule has 0 bridgehead atoms. The smallest absolute Gasteiger partial charge is 0.268 e. The summed E-state index contributed by atoms with van der Waals surface area (Å²) in [5.74, 6) is -0.105. The third kappa shape index (κ3) is 2.87. The quantitative estimate of drug-likeness (QED) is 0.602. The minimum Gasteiger partial charge on any atom is -0.345 e. The highest BCUT2D eigenvalue weighted by Crippen LogP contribution is 2.33. The molecule has 4 rings (SSSR count). The topological polar surface area (TPSA) is 64.7 Å². The van der Waals surface area contributed by atoms with Gasteiger partial charge >= 0.3 is 0 Å². The lowest BCUT2D eigenvalue weighted by atomic mass is 10.2. The number of carbonyl (C=O) groups excluding carboxylic acids is 1. The Bertz CT molecular complexity index is 1140. The van der Waals surface area contributed by atoms with E-state index < -0.39 is 0 Å². The fourth-order valence-corrected chi connectivity index (χ4v) is 3.61. The molecule has 1 amide bonds. The maximum absolute atomic E-state index is 12.9. The molecule has 0 spiro atoms. The maximum atomic E-state index is 12.9. The number of rotatable bonds is 4. The molecule has 0 saturated carbocycles. The summed E-state index contributed by atoms with van der Waals surface area (Å²) in [5, 5.41) is 4.14. The van der Waals surface area contributed by atoms with Gasteiger partial charge in [0.05, 0.1) is 40.7 Å². The lowest BCUT2D eigenvalue weighted by molar-refractivity contribution is 0.0940. The molecule has 3 heterocycles. The standard InChI is InChI=1S/C21H23N5O/c1-13(2)26-19(21(27)24-12-15-11-22-14(3)10-23-15)9-18-20(26)16-7-5-6-8-17(16)25(18)4/h5-11,13H,12H2,1-4H3,(H,24,27). The van der Waals surface area contributed by atoms with E-state index in [0.717, 1.165) is 27.8 Å². The van der Waals surface area contributed by atoms with Gasteiger partial charge in [0.1, 0.15) is 5.69 Å². The number of hydrogen-bond donors (Lipinski definition) is 1. The van der Waals surface area contributed by atoms with E-state index in [4.69, 9.17) is 0 Å². The van der Waals surface area contributed by atoms with Gasteiger partial charge in [-0.2, -0.15) is 0 Å². The van der Waals surface area contributed by atoms with Crippen molar-refractivity contribution in [2.75, 3.05) is 0 Å². The number of nitrogens with zero attached hydrogens (tertiary/aromatic N) is 4. The number of hydrogen-bond acceptors (Lipinski definition) is 3. The fourth-order valence-electron chi connectivity index (χ4n) is 3.61. The first kappa shape index (κ1) is 17.3. The molecule has 3 aromatic heterocycles. The maximum Gasteiger partial charge on any atom is 0.268 e. The van der Waals surface area contributed by atoms with Crippen LogP contribution in [0, 0.1) is 6.92 Å². The van der Waals surface area contributed by atoms with E-state index in [9.17, 15) is 4.79 Å². The number of para-hydroxylation sites is 1. The van der Waals surface area contributed by atoms with Crippen LogP contribution >= 0.6 is 0 Å². The molecule has 0 unspecified atom stereocenters. The zero-order valence-corrected chi connectivity index (χ0v) is 16.0. The molecule has 0 fully saturated rings. The van der Waals surface area contributed by atoms with Crippen molar-refractivity contribution in [1.29, 1.82) is 0 Å². The van der Waals surface area contributed by atoms with Gasteiger partial charge in [0.25, 0.3) is 5.91 Å². The lowest BCUT2D eigenvalue weighted by Crippen LogP contribution is -2.26. The normalized spacial score (nSPS) is 11.6. The number of benzene rings is 1. The van der Waals surface area contributed by atoms with E-state index in [1.807, 2.05) is 32.2 Å². The van der Waals surface area contributed by atoms with Gasteiger partial charge < -0.3 is 14.5 Å². The number of amides is 1. The van der Waals surface area contributed by atoms with Crippen molar-refractivity contribution in [2.45, 2.75) is 33.4 Å². The molecular weight excluding hydrogens is 338 g/mol. The number of aromatic nitrogens is 4. The molecule has 4 aromatic rings. The van der Waals surface area contributed by atoms with Crippen molar-refractivity contribution >= 4 is 27.8 Å². The molecule has 6 heteroatoms. The Kier molecular flexibility index (Phi) is 4.18. The first-order valence-electron chi connectivity index (χ1n) is 9.11. The summed E-state index contributed by atoms with van der Waals surface area (Å²) >= 11 is 0. The van der Waals surface area contributed by atoms with Gasteiger partial charge in [0.15, 0.2) is 0 Å². The Morgan fingerprint density at radius 3 is 2.63 bits per heavy atom. The van der Waals surface area contributed by atoms with Crippen LogP contribution in [0.5, 0.6) is 0 Å². The largest absolute Gasteiger partial charge is 0.345 e. The van der Waals surface area contributed by atoms with Gasteiger partial charge in [0, 0.05) is 24.7 Å². The Morgan fingerprint density at radius 2 is 1.93 bits per heavy atom. The highest BCUT2D eigenvalue weighted by molar-refractivity contribution is 6.10. The van der Waals surface area contributed by atoms with Crippen LogP contribution in [-0.4, -0.2) is 25.0 Å². The lowest BCUT2D eigenvalue weighted by Gasteiger charge is -2.14. The van der Waals surface area contributed by atoms with Crippen LogP contribution < -0.4 is 5.32 Å². The molecule has 0 aliphatic carbocycles. The van der Waals surface area contributed by atoms with Crippen LogP contribution in [0.2, 0.25) is 0 Å². The monoisotopic (exact) mass is 361 g/mol.